The van der Waals surface area contributed by atoms with E-state index in [1.54, 1.807) is 25.2 Å². The van der Waals surface area contributed by atoms with E-state index in [2.05, 4.69) is 10.1 Å². The molecular formula is C11H13Cl2NO2. The Morgan fingerprint density at radius 1 is 1.38 bits per heavy atom. The Labute approximate surface area is 105 Å². The Kier molecular flexibility index (Phi) is 5.06. The number of benzene rings is 1. The Bertz CT molecular complexity index is 362. The average Bonchev–Trinajstić information content (AvgIpc) is 2.24. The molecule has 0 heterocycles. The lowest BCUT2D eigenvalue weighted by Gasteiger charge is -2.15. The third kappa shape index (κ3) is 3.67. The van der Waals surface area contributed by atoms with Crippen molar-refractivity contribution in [1.82, 2.24) is 5.32 Å². The topological polar surface area (TPSA) is 38.3 Å². The van der Waals surface area contributed by atoms with E-state index < -0.39 is 0 Å². The minimum absolute atomic E-state index is 0.149. The average molecular weight is 262 g/mol. The summed E-state index contributed by atoms with van der Waals surface area (Å²) in [6.07, 6.45) is 0.240. The zero-order valence-corrected chi connectivity index (χ0v) is 10.6. The predicted molar refractivity (Wildman–Crippen MR) is 64.9 cm³/mol. The molecule has 0 aliphatic rings. The first kappa shape index (κ1) is 13.3. The zero-order chi connectivity index (χ0) is 12.1. The summed E-state index contributed by atoms with van der Waals surface area (Å²) in [6, 6.07) is 5.05. The molecule has 1 unspecified atom stereocenters. The largest absolute Gasteiger partial charge is 0.469 e. The summed E-state index contributed by atoms with van der Waals surface area (Å²) in [4.78, 5) is 11.2. The normalized spacial score (nSPS) is 12.2. The number of nitrogens with one attached hydrogen (secondary N) is 1. The Hall–Kier alpha value is -0.770. The highest BCUT2D eigenvalue weighted by molar-refractivity contribution is 6.34. The van der Waals surface area contributed by atoms with E-state index in [-0.39, 0.29) is 18.4 Å². The number of methoxy groups -OCH3 is 1. The Balaban J connectivity index is 2.90. The molecule has 1 atom stereocenters. The fourth-order valence-electron chi connectivity index (χ4n) is 1.41. The highest BCUT2D eigenvalue weighted by Crippen LogP contribution is 2.25. The summed E-state index contributed by atoms with van der Waals surface area (Å²) in [5.74, 6) is -0.282. The SMILES string of the molecule is CNC(CC(=O)OC)c1cc(Cl)cc(Cl)c1. The maximum atomic E-state index is 11.2. The summed E-state index contributed by atoms with van der Waals surface area (Å²) in [7, 11) is 3.13. The molecule has 1 aromatic rings. The standard InChI is InChI=1S/C11H13Cl2NO2/c1-14-10(6-11(15)16-2)7-3-8(12)5-9(13)4-7/h3-5,10,14H,6H2,1-2H3. The van der Waals surface area contributed by atoms with Gasteiger partial charge in [-0.2, -0.15) is 0 Å². The molecule has 5 heteroatoms. The second-order valence-electron chi connectivity index (χ2n) is 3.32. The van der Waals surface area contributed by atoms with Crippen LogP contribution >= 0.6 is 23.2 Å². The number of halogens is 2. The highest BCUT2D eigenvalue weighted by atomic mass is 35.5. The monoisotopic (exact) mass is 261 g/mol. The van der Waals surface area contributed by atoms with Crippen LogP contribution in [-0.2, 0) is 9.53 Å². The molecule has 0 amide bonds. The summed E-state index contributed by atoms with van der Waals surface area (Å²) >= 11 is 11.8. The first-order chi connectivity index (χ1) is 7.56. The van der Waals surface area contributed by atoms with Crippen molar-refractivity contribution >= 4 is 29.2 Å². The number of esters is 1. The van der Waals surface area contributed by atoms with Crippen LogP contribution in [0.15, 0.2) is 18.2 Å². The molecule has 1 rings (SSSR count). The summed E-state index contributed by atoms with van der Waals surface area (Å²) in [6.45, 7) is 0. The van der Waals surface area contributed by atoms with E-state index in [0.29, 0.717) is 10.0 Å². The van der Waals surface area contributed by atoms with Gasteiger partial charge in [-0.3, -0.25) is 4.79 Å². The van der Waals surface area contributed by atoms with Crippen molar-refractivity contribution in [3.63, 3.8) is 0 Å². The molecule has 0 aromatic heterocycles. The van der Waals surface area contributed by atoms with Gasteiger partial charge in [0.2, 0.25) is 0 Å². The lowest BCUT2D eigenvalue weighted by atomic mass is 10.0. The molecule has 0 spiro atoms. The number of rotatable bonds is 4. The molecule has 0 fully saturated rings. The van der Waals surface area contributed by atoms with Crippen LogP contribution in [0.3, 0.4) is 0 Å². The van der Waals surface area contributed by atoms with Gasteiger partial charge in [-0.25, -0.2) is 0 Å². The smallest absolute Gasteiger partial charge is 0.307 e. The number of ether oxygens (including phenoxy) is 1. The van der Waals surface area contributed by atoms with E-state index in [9.17, 15) is 4.79 Å². The number of hydrogen-bond acceptors (Lipinski definition) is 3. The van der Waals surface area contributed by atoms with Gasteiger partial charge < -0.3 is 10.1 Å². The molecule has 0 aliphatic heterocycles. The molecule has 1 N–H and O–H groups in total. The molecule has 0 bridgehead atoms. The van der Waals surface area contributed by atoms with Crippen molar-refractivity contribution in [3.05, 3.63) is 33.8 Å². The van der Waals surface area contributed by atoms with Crippen molar-refractivity contribution in [1.29, 1.82) is 0 Å². The predicted octanol–water partition coefficient (Wildman–Crippen LogP) is 2.82. The Morgan fingerprint density at radius 2 is 1.94 bits per heavy atom. The van der Waals surface area contributed by atoms with Crippen LogP contribution in [-0.4, -0.2) is 20.1 Å². The molecular weight excluding hydrogens is 249 g/mol. The van der Waals surface area contributed by atoms with Crippen LogP contribution in [0.25, 0.3) is 0 Å². The molecule has 88 valence electrons. The number of carbonyl (C=O) groups excluding carboxylic acids is 1. The van der Waals surface area contributed by atoms with Gasteiger partial charge in [0.05, 0.1) is 13.5 Å². The number of hydrogen-bond donors (Lipinski definition) is 1. The molecule has 0 saturated carbocycles. The van der Waals surface area contributed by atoms with E-state index >= 15 is 0 Å². The third-order valence-electron chi connectivity index (χ3n) is 2.23. The van der Waals surface area contributed by atoms with Gasteiger partial charge in [-0.1, -0.05) is 23.2 Å². The van der Waals surface area contributed by atoms with Crippen LogP contribution in [0.2, 0.25) is 10.0 Å². The number of carbonyl (C=O) groups is 1. The van der Waals surface area contributed by atoms with Crippen LogP contribution in [0.5, 0.6) is 0 Å². The quantitative estimate of drug-likeness (QED) is 0.848. The maximum absolute atomic E-state index is 11.2. The van der Waals surface area contributed by atoms with Crippen LogP contribution in [0.4, 0.5) is 0 Å². The van der Waals surface area contributed by atoms with Crippen molar-refractivity contribution in [3.8, 4) is 0 Å². The molecule has 1 aromatic carbocycles. The van der Waals surface area contributed by atoms with E-state index in [1.165, 1.54) is 7.11 Å². The van der Waals surface area contributed by atoms with E-state index in [1.807, 2.05) is 0 Å². The molecule has 16 heavy (non-hydrogen) atoms. The fraction of sp³-hybridized carbons (Fsp3) is 0.364. The summed E-state index contributed by atoms with van der Waals surface area (Å²) < 4.78 is 4.62. The minimum Gasteiger partial charge on any atom is -0.469 e. The summed E-state index contributed by atoms with van der Waals surface area (Å²) in [5.41, 5.74) is 0.866. The fourth-order valence-corrected chi connectivity index (χ4v) is 1.96. The van der Waals surface area contributed by atoms with Gasteiger partial charge in [0.15, 0.2) is 0 Å². The van der Waals surface area contributed by atoms with Crippen molar-refractivity contribution in [2.45, 2.75) is 12.5 Å². The Morgan fingerprint density at radius 3 is 2.38 bits per heavy atom. The first-order valence-electron chi connectivity index (χ1n) is 4.77. The lowest BCUT2D eigenvalue weighted by molar-refractivity contribution is -0.141. The van der Waals surface area contributed by atoms with Gasteiger partial charge in [0.1, 0.15) is 0 Å². The van der Waals surface area contributed by atoms with Gasteiger partial charge in [-0.05, 0) is 30.8 Å². The van der Waals surface area contributed by atoms with Gasteiger partial charge >= 0.3 is 5.97 Å². The highest BCUT2D eigenvalue weighted by Gasteiger charge is 2.15. The van der Waals surface area contributed by atoms with E-state index in [0.717, 1.165) is 5.56 Å². The van der Waals surface area contributed by atoms with Gasteiger partial charge in [-0.15, -0.1) is 0 Å². The summed E-state index contributed by atoms with van der Waals surface area (Å²) in [5, 5.41) is 4.12. The van der Waals surface area contributed by atoms with E-state index in [4.69, 9.17) is 23.2 Å². The molecule has 3 nitrogen and oxygen atoms in total. The molecule has 0 radical (unpaired) electrons. The van der Waals surface area contributed by atoms with Crippen molar-refractivity contribution in [2.75, 3.05) is 14.2 Å². The zero-order valence-electron chi connectivity index (χ0n) is 9.09. The second-order valence-corrected chi connectivity index (χ2v) is 4.20. The van der Waals surface area contributed by atoms with Gasteiger partial charge in [0.25, 0.3) is 0 Å². The van der Waals surface area contributed by atoms with Crippen molar-refractivity contribution in [2.24, 2.45) is 0 Å². The maximum Gasteiger partial charge on any atom is 0.307 e. The molecule has 0 aliphatic carbocycles. The van der Waals surface area contributed by atoms with Gasteiger partial charge in [0, 0.05) is 16.1 Å². The first-order valence-corrected chi connectivity index (χ1v) is 5.52. The molecule has 0 saturated heterocycles. The minimum atomic E-state index is -0.282. The van der Waals surface area contributed by atoms with Crippen LogP contribution in [0.1, 0.15) is 18.0 Å². The van der Waals surface area contributed by atoms with Crippen molar-refractivity contribution < 1.29 is 9.53 Å². The third-order valence-corrected chi connectivity index (χ3v) is 2.67. The second kappa shape index (κ2) is 6.09. The lowest BCUT2D eigenvalue weighted by Crippen LogP contribution is -2.20. The van der Waals surface area contributed by atoms with Crippen LogP contribution in [0, 0.1) is 0 Å². The van der Waals surface area contributed by atoms with Crippen LogP contribution < -0.4 is 5.32 Å².